The first-order valence-corrected chi connectivity index (χ1v) is 15.5. The molecule has 2 aromatic rings. The molecule has 1 aromatic carbocycles. The second-order valence-electron chi connectivity index (χ2n) is 9.17. The molecule has 0 amide bonds. The highest BCUT2D eigenvalue weighted by atomic mass is 32.2. The quantitative estimate of drug-likeness (QED) is 0.604. The van der Waals surface area contributed by atoms with Crippen LogP contribution in [-0.2, 0) is 19.7 Å². The van der Waals surface area contributed by atoms with Crippen molar-refractivity contribution in [3.8, 4) is 0 Å². The van der Waals surface area contributed by atoms with Crippen molar-refractivity contribution >= 4 is 31.0 Å². The van der Waals surface area contributed by atoms with E-state index in [4.69, 9.17) is 0 Å². The molecule has 176 valence electrons. The molecule has 1 unspecified atom stereocenters. The summed E-state index contributed by atoms with van der Waals surface area (Å²) >= 11 is 1.69. The Bertz CT molecular complexity index is 1100. The highest BCUT2D eigenvalue weighted by molar-refractivity contribution is 7.96. The molecule has 3 atom stereocenters. The maximum absolute atomic E-state index is 13.4. The molecule has 0 aliphatic carbocycles. The van der Waals surface area contributed by atoms with E-state index in [0.717, 1.165) is 31.5 Å². The lowest BCUT2D eigenvalue weighted by molar-refractivity contribution is 0.237. The Hall–Kier alpha value is -1.26. The number of likely N-dealkylation sites (tertiary alicyclic amines) is 1. The van der Waals surface area contributed by atoms with Gasteiger partial charge in [0.05, 0.1) is 27.7 Å². The number of benzene rings is 1. The summed E-state index contributed by atoms with van der Waals surface area (Å²) in [4.78, 5) is 3.84. The average molecular weight is 497 g/mol. The van der Waals surface area contributed by atoms with Crippen molar-refractivity contribution in [2.75, 3.05) is 31.1 Å². The zero-order valence-electron chi connectivity index (χ0n) is 18.6. The molecule has 2 fully saturated rings. The van der Waals surface area contributed by atoms with E-state index < -0.39 is 31.0 Å². The van der Waals surface area contributed by atoms with Crippen LogP contribution in [0.4, 0.5) is 0 Å². The molecule has 2 aliphatic heterocycles. The Balaban J connectivity index is 1.55. The fraction of sp³-hybridized carbons (Fsp3) is 0.565. The number of nitrogens with one attached hydrogen (secondary N) is 1. The summed E-state index contributed by atoms with van der Waals surface area (Å²) in [7, 11) is -7.21. The van der Waals surface area contributed by atoms with Crippen molar-refractivity contribution < 1.29 is 16.8 Å². The van der Waals surface area contributed by atoms with Gasteiger partial charge in [0.1, 0.15) is 0 Å². The highest BCUT2D eigenvalue weighted by Crippen LogP contribution is 2.30. The van der Waals surface area contributed by atoms with Gasteiger partial charge in [0.25, 0.3) is 0 Å². The van der Waals surface area contributed by atoms with Crippen molar-refractivity contribution in [1.29, 1.82) is 0 Å². The second kappa shape index (κ2) is 9.54. The lowest BCUT2D eigenvalue weighted by atomic mass is 10.0. The normalized spacial score (nSPS) is 24.8. The molecule has 6 nitrogen and oxygen atoms in total. The van der Waals surface area contributed by atoms with E-state index in [9.17, 15) is 16.8 Å². The van der Waals surface area contributed by atoms with Crippen LogP contribution in [0.15, 0.2) is 46.7 Å². The van der Waals surface area contributed by atoms with Gasteiger partial charge < -0.3 is 5.32 Å². The molecular formula is C23H32N2O4S3. The Morgan fingerprint density at radius 1 is 1.09 bits per heavy atom. The summed E-state index contributed by atoms with van der Waals surface area (Å²) in [6.45, 7) is 6.67. The van der Waals surface area contributed by atoms with E-state index in [1.165, 1.54) is 4.88 Å². The summed E-state index contributed by atoms with van der Waals surface area (Å²) in [6.07, 6.45) is 2.31. The van der Waals surface area contributed by atoms with Gasteiger partial charge in [-0.2, -0.15) is 0 Å². The van der Waals surface area contributed by atoms with Gasteiger partial charge in [-0.1, -0.05) is 32.0 Å². The molecule has 1 N–H and O–H groups in total. The van der Waals surface area contributed by atoms with Crippen LogP contribution in [0.1, 0.15) is 49.1 Å². The third-order valence-electron chi connectivity index (χ3n) is 6.60. The summed E-state index contributed by atoms with van der Waals surface area (Å²) < 4.78 is 51.8. The van der Waals surface area contributed by atoms with Gasteiger partial charge in [0, 0.05) is 17.5 Å². The fourth-order valence-corrected chi connectivity index (χ4v) is 10.3. The van der Waals surface area contributed by atoms with Crippen molar-refractivity contribution in [1.82, 2.24) is 10.2 Å². The van der Waals surface area contributed by atoms with E-state index >= 15 is 0 Å². The molecule has 0 saturated carbocycles. The first kappa shape index (κ1) is 23.9. The van der Waals surface area contributed by atoms with Crippen LogP contribution < -0.4 is 5.32 Å². The number of nitrogens with zero attached hydrogens (tertiary/aromatic N) is 1. The zero-order valence-corrected chi connectivity index (χ0v) is 21.1. The average Bonchev–Trinajstić information content (AvgIpc) is 3.50. The van der Waals surface area contributed by atoms with E-state index in [2.05, 4.69) is 30.1 Å². The molecule has 3 heterocycles. The van der Waals surface area contributed by atoms with Gasteiger partial charge in [-0.25, -0.2) is 16.8 Å². The first-order valence-electron chi connectivity index (χ1n) is 11.2. The third-order valence-corrected chi connectivity index (χ3v) is 11.7. The lowest BCUT2D eigenvalue weighted by Gasteiger charge is -2.29. The largest absolute Gasteiger partial charge is 0.310 e. The van der Waals surface area contributed by atoms with Gasteiger partial charge in [0.15, 0.2) is 19.7 Å². The molecule has 1 aromatic heterocycles. The predicted octanol–water partition coefficient (Wildman–Crippen LogP) is 3.24. The van der Waals surface area contributed by atoms with Gasteiger partial charge in [0.2, 0.25) is 0 Å². The SMILES string of the molecule is CC(C)c1ccc(S(=O)(=O)[C@H]2CS(=O)(=O)C[C@@H]2NCC(c2cccs2)N2CCCC2)cc1. The minimum absolute atomic E-state index is 0.134. The van der Waals surface area contributed by atoms with Crippen LogP contribution in [0.5, 0.6) is 0 Å². The van der Waals surface area contributed by atoms with Crippen LogP contribution in [0.2, 0.25) is 0 Å². The van der Waals surface area contributed by atoms with Gasteiger partial charge in [-0.05, 0) is 61.0 Å². The van der Waals surface area contributed by atoms with Gasteiger partial charge in [-0.15, -0.1) is 11.3 Å². The van der Waals surface area contributed by atoms with E-state index in [1.807, 2.05) is 23.6 Å². The van der Waals surface area contributed by atoms with E-state index in [1.54, 1.807) is 23.5 Å². The van der Waals surface area contributed by atoms with Crippen LogP contribution in [0.3, 0.4) is 0 Å². The number of thiophene rings is 1. The smallest absolute Gasteiger partial charge is 0.183 e. The zero-order chi connectivity index (χ0) is 22.9. The molecule has 2 aliphatic rings. The molecule has 0 bridgehead atoms. The molecule has 4 rings (SSSR count). The number of sulfone groups is 2. The summed E-state index contributed by atoms with van der Waals surface area (Å²) in [5, 5.41) is 4.44. The second-order valence-corrected chi connectivity index (χ2v) is 14.5. The molecule has 2 saturated heterocycles. The monoisotopic (exact) mass is 496 g/mol. The summed E-state index contributed by atoms with van der Waals surface area (Å²) in [6, 6.07) is 10.5. The van der Waals surface area contributed by atoms with Crippen molar-refractivity contribution in [3.63, 3.8) is 0 Å². The van der Waals surface area contributed by atoms with Gasteiger partial charge >= 0.3 is 0 Å². The maximum Gasteiger partial charge on any atom is 0.183 e. The third kappa shape index (κ3) is 5.12. The van der Waals surface area contributed by atoms with Crippen LogP contribution in [0, 0.1) is 0 Å². The molecule has 0 radical (unpaired) electrons. The Kier molecular flexibility index (Phi) is 7.12. The minimum atomic E-state index is -3.77. The predicted molar refractivity (Wildman–Crippen MR) is 130 cm³/mol. The molecule has 32 heavy (non-hydrogen) atoms. The fourth-order valence-electron chi connectivity index (χ4n) is 4.74. The van der Waals surface area contributed by atoms with Crippen LogP contribution >= 0.6 is 11.3 Å². The molecular weight excluding hydrogens is 464 g/mol. The molecule has 0 spiro atoms. The van der Waals surface area contributed by atoms with Crippen LogP contribution in [-0.4, -0.2) is 64.2 Å². The van der Waals surface area contributed by atoms with Crippen LogP contribution in [0.25, 0.3) is 0 Å². The minimum Gasteiger partial charge on any atom is -0.310 e. The van der Waals surface area contributed by atoms with Gasteiger partial charge in [-0.3, -0.25) is 4.90 Å². The van der Waals surface area contributed by atoms with E-state index in [0.29, 0.717) is 12.5 Å². The summed E-state index contributed by atoms with van der Waals surface area (Å²) in [5.74, 6) is -0.169. The number of rotatable bonds is 8. The van der Waals surface area contributed by atoms with Crippen molar-refractivity contribution in [2.45, 2.75) is 54.8 Å². The first-order chi connectivity index (χ1) is 15.2. The highest BCUT2D eigenvalue weighted by Gasteiger charge is 2.46. The lowest BCUT2D eigenvalue weighted by Crippen LogP contribution is -2.46. The Morgan fingerprint density at radius 3 is 2.38 bits per heavy atom. The van der Waals surface area contributed by atoms with E-state index in [-0.39, 0.29) is 22.4 Å². The Labute approximate surface area is 195 Å². The number of hydrogen-bond donors (Lipinski definition) is 1. The topological polar surface area (TPSA) is 83.5 Å². The van der Waals surface area contributed by atoms with Crippen molar-refractivity contribution in [2.24, 2.45) is 0 Å². The molecule has 9 heteroatoms. The maximum atomic E-state index is 13.4. The van der Waals surface area contributed by atoms with Crippen molar-refractivity contribution in [3.05, 3.63) is 52.2 Å². The number of hydrogen-bond acceptors (Lipinski definition) is 7. The summed E-state index contributed by atoms with van der Waals surface area (Å²) in [5.41, 5.74) is 1.06. The Morgan fingerprint density at radius 2 is 1.78 bits per heavy atom. The standard InChI is InChI=1S/C23H32N2O4S3/c1-17(2)18-7-9-19(10-8-18)32(28,29)23-16-31(26,27)15-20(23)24-14-21(22-6-5-13-30-22)25-11-3-4-12-25/h5-10,13,17,20-21,23-24H,3-4,11-12,14-16H2,1-2H3/t20-,21?,23-/m0/s1.